The van der Waals surface area contributed by atoms with Gasteiger partial charge >= 0.3 is 0 Å². The van der Waals surface area contributed by atoms with Gasteiger partial charge in [0.2, 0.25) is 5.91 Å². The van der Waals surface area contributed by atoms with Gasteiger partial charge in [0.05, 0.1) is 10.6 Å². The minimum atomic E-state index is -3.88. The van der Waals surface area contributed by atoms with E-state index < -0.39 is 10.0 Å². The first-order chi connectivity index (χ1) is 13.4. The van der Waals surface area contributed by atoms with Crippen LogP contribution >= 0.6 is 11.6 Å². The molecule has 2 aromatic rings. The molecule has 0 saturated heterocycles. The van der Waals surface area contributed by atoms with Crippen LogP contribution < -0.4 is 9.62 Å². The molecular formula is C21H23ClN2O3S. The number of hydrogen-bond donors (Lipinski definition) is 1. The van der Waals surface area contributed by atoms with E-state index in [0.717, 1.165) is 17.1 Å². The fourth-order valence-electron chi connectivity index (χ4n) is 4.45. The molecule has 1 N–H and O–H groups in total. The van der Waals surface area contributed by atoms with Crippen LogP contribution in [0.4, 0.5) is 5.69 Å². The van der Waals surface area contributed by atoms with Crippen molar-refractivity contribution in [2.75, 3.05) is 10.8 Å². The summed E-state index contributed by atoms with van der Waals surface area (Å²) in [4.78, 5) is 12.9. The van der Waals surface area contributed by atoms with E-state index in [2.05, 4.69) is 5.32 Å². The molecule has 0 radical (unpaired) electrons. The Balaban J connectivity index is 1.58. The van der Waals surface area contributed by atoms with Gasteiger partial charge in [0.25, 0.3) is 10.0 Å². The molecule has 7 heteroatoms. The summed E-state index contributed by atoms with van der Waals surface area (Å²) < 4.78 is 27.6. The van der Waals surface area contributed by atoms with Crippen molar-refractivity contribution in [1.29, 1.82) is 0 Å². The van der Waals surface area contributed by atoms with Crippen LogP contribution in [0.2, 0.25) is 5.02 Å². The zero-order chi connectivity index (χ0) is 19.7. The highest BCUT2D eigenvalue weighted by Gasteiger charge is 2.40. The van der Waals surface area contributed by atoms with Crippen LogP contribution in [0.3, 0.4) is 0 Å². The van der Waals surface area contributed by atoms with Gasteiger partial charge in [0.15, 0.2) is 0 Å². The quantitative estimate of drug-likeness (QED) is 0.775. The van der Waals surface area contributed by atoms with Crippen molar-refractivity contribution in [2.45, 2.75) is 36.6 Å². The first kappa shape index (κ1) is 19.3. The topological polar surface area (TPSA) is 66.5 Å². The maximum atomic E-state index is 13.2. The number of rotatable bonds is 6. The third-order valence-electron chi connectivity index (χ3n) is 5.82. The number of hydrogen-bond acceptors (Lipinski definition) is 3. The van der Waals surface area contributed by atoms with Gasteiger partial charge in [0.1, 0.15) is 6.54 Å². The lowest BCUT2D eigenvalue weighted by Gasteiger charge is -2.27. The van der Waals surface area contributed by atoms with Gasteiger partial charge in [-0.15, -0.1) is 0 Å². The van der Waals surface area contributed by atoms with Crippen molar-refractivity contribution in [3.63, 3.8) is 0 Å². The molecule has 0 heterocycles. The number of nitrogens with one attached hydrogen (secondary N) is 1. The second-order valence-electron chi connectivity index (χ2n) is 7.65. The highest BCUT2D eigenvalue weighted by Crippen LogP contribution is 2.44. The predicted octanol–water partition coefficient (Wildman–Crippen LogP) is 3.84. The third kappa shape index (κ3) is 3.89. The van der Waals surface area contributed by atoms with E-state index >= 15 is 0 Å². The van der Waals surface area contributed by atoms with Crippen molar-refractivity contribution in [1.82, 2.24) is 5.32 Å². The zero-order valence-corrected chi connectivity index (χ0v) is 17.0. The molecule has 28 heavy (non-hydrogen) atoms. The fourth-order valence-corrected chi connectivity index (χ4v) is 6.01. The average molecular weight is 419 g/mol. The molecule has 5 nitrogen and oxygen atoms in total. The van der Waals surface area contributed by atoms with E-state index in [9.17, 15) is 13.2 Å². The van der Waals surface area contributed by atoms with Gasteiger partial charge in [-0.25, -0.2) is 8.42 Å². The SMILES string of the molecule is O=C(CN(c1ccc(Cl)cc1)S(=O)(=O)c1ccccc1)N[C@@H]1C[C@H]2CC[C@@H]1C2. The van der Waals surface area contributed by atoms with Crippen LogP contribution in [0, 0.1) is 11.8 Å². The van der Waals surface area contributed by atoms with Gasteiger partial charge in [-0.3, -0.25) is 9.10 Å². The Hall–Kier alpha value is -2.05. The van der Waals surface area contributed by atoms with Crippen molar-refractivity contribution in [2.24, 2.45) is 11.8 Å². The van der Waals surface area contributed by atoms with E-state index in [0.29, 0.717) is 22.5 Å². The zero-order valence-electron chi connectivity index (χ0n) is 15.4. The van der Waals surface area contributed by atoms with Crippen molar-refractivity contribution < 1.29 is 13.2 Å². The van der Waals surface area contributed by atoms with Crippen LogP contribution in [-0.2, 0) is 14.8 Å². The number of amides is 1. The number of benzene rings is 2. The minimum absolute atomic E-state index is 0.151. The van der Waals surface area contributed by atoms with E-state index in [1.165, 1.54) is 25.0 Å². The molecule has 2 aromatic carbocycles. The average Bonchev–Trinajstić information content (AvgIpc) is 3.31. The molecule has 2 saturated carbocycles. The predicted molar refractivity (Wildman–Crippen MR) is 110 cm³/mol. The Morgan fingerprint density at radius 2 is 1.75 bits per heavy atom. The number of halogens is 1. The van der Waals surface area contributed by atoms with Crippen LogP contribution in [0.5, 0.6) is 0 Å². The largest absolute Gasteiger partial charge is 0.352 e. The van der Waals surface area contributed by atoms with Crippen LogP contribution in [-0.4, -0.2) is 26.9 Å². The molecule has 1 amide bonds. The summed E-state index contributed by atoms with van der Waals surface area (Å²) >= 11 is 5.96. The summed E-state index contributed by atoms with van der Waals surface area (Å²) in [5.74, 6) is 0.964. The Kier molecular flexibility index (Phi) is 5.34. The molecular weight excluding hydrogens is 396 g/mol. The summed E-state index contributed by atoms with van der Waals surface area (Å²) in [6, 6.07) is 14.8. The summed E-state index contributed by atoms with van der Waals surface area (Å²) in [6.07, 6.45) is 4.58. The van der Waals surface area contributed by atoms with Crippen LogP contribution in [0.15, 0.2) is 59.5 Å². The second-order valence-corrected chi connectivity index (χ2v) is 9.95. The fraction of sp³-hybridized carbons (Fsp3) is 0.381. The summed E-state index contributed by atoms with van der Waals surface area (Å²) in [6.45, 7) is -0.257. The van der Waals surface area contributed by atoms with Crippen LogP contribution in [0.25, 0.3) is 0 Å². The molecule has 3 atom stereocenters. The molecule has 0 aliphatic heterocycles. The van der Waals surface area contributed by atoms with Crippen molar-refractivity contribution in [3.05, 3.63) is 59.6 Å². The molecule has 0 spiro atoms. The Morgan fingerprint density at radius 1 is 1.04 bits per heavy atom. The smallest absolute Gasteiger partial charge is 0.264 e. The first-order valence-electron chi connectivity index (χ1n) is 9.56. The summed E-state index contributed by atoms with van der Waals surface area (Å²) in [7, 11) is -3.88. The molecule has 2 fully saturated rings. The number of nitrogens with zero attached hydrogens (tertiary/aromatic N) is 1. The lowest BCUT2D eigenvalue weighted by molar-refractivity contribution is -0.120. The second kappa shape index (κ2) is 7.76. The molecule has 2 aliphatic rings. The lowest BCUT2D eigenvalue weighted by Crippen LogP contribution is -2.45. The monoisotopic (exact) mass is 418 g/mol. The molecule has 0 unspecified atom stereocenters. The number of sulfonamides is 1. The molecule has 4 rings (SSSR count). The standard InChI is InChI=1S/C21H23ClN2O3S/c22-17-8-10-18(11-9-17)24(28(26,27)19-4-2-1-3-5-19)14-21(25)23-20-13-15-6-7-16(20)12-15/h1-5,8-11,15-16,20H,6-7,12-14H2,(H,23,25)/t15-,16+,20+/m0/s1. The Labute approximate surface area is 170 Å². The van der Waals surface area contributed by atoms with Crippen molar-refractivity contribution in [3.8, 4) is 0 Å². The molecule has 2 bridgehead atoms. The number of carbonyl (C=O) groups excluding carboxylic acids is 1. The molecule has 2 aliphatic carbocycles. The first-order valence-corrected chi connectivity index (χ1v) is 11.4. The Bertz CT molecular complexity index is 947. The molecule has 148 valence electrons. The Morgan fingerprint density at radius 3 is 2.36 bits per heavy atom. The summed E-state index contributed by atoms with van der Waals surface area (Å²) in [5.41, 5.74) is 0.413. The third-order valence-corrected chi connectivity index (χ3v) is 7.86. The van der Waals surface area contributed by atoms with Gasteiger partial charge in [-0.05, 0) is 67.5 Å². The van der Waals surface area contributed by atoms with Crippen LogP contribution in [0.1, 0.15) is 25.7 Å². The van der Waals surface area contributed by atoms with E-state index in [1.54, 1.807) is 42.5 Å². The van der Waals surface area contributed by atoms with Gasteiger partial charge in [0, 0.05) is 11.1 Å². The maximum absolute atomic E-state index is 13.2. The number of anilines is 1. The van der Waals surface area contributed by atoms with Crippen molar-refractivity contribution >= 4 is 33.2 Å². The minimum Gasteiger partial charge on any atom is -0.352 e. The maximum Gasteiger partial charge on any atom is 0.264 e. The number of carbonyl (C=O) groups is 1. The van der Waals surface area contributed by atoms with Gasteiger partial charge < -0.3 is 5.32 Å². The van der Waals surface area contributed by atoms with E-state index in [-0.39, 0.29) is 23.4 Å². The van der Waals surface area contributed by atoms with Gasteiger partial charge in [-0.2, -0.15) is 0 Å². The van der Waals surface area contributed by atoms with Gasteiger partial charge in [-0.1, -0.05) is 36.2 Å². The number of fused-ring (bicyclic) bond motifs is 2. The lowest BCUT2D eigenvalue weighted by atomic mass is 9.95. The molecule has 0 aromatic heterocycles. The highest BCUT2D eigenvalue weighted by atomic mass is 35.5. The van der Waals surface area contributed by atoms with E-state index in [1.807, 2.05) is 0 Å². The van der Waals surface area contributed by atoms with E-state index in [4.69, 9.17) is 11.6 Å². The highest BCUT2D eigenvalue weighted by molar-refractivity contribution is 7.92. The summed E-state index contributed by atoms with van der Waals surface area (Å²) in [5, 5.41) is 3.58. The normalized spacial score (nSPS) is 23.5.